The summed E-state index contributed by atoms with van der Waals surface area (Å²) >= 11 is 5.86. The predicted molar refractivity (Wildman–Crippen MR) is 85.8 cm³/mol. The molecule has 1 aliphatic rings. The third kappa shape index (κ3) is 3.97. The highest BCUT2D eigenvalue weighted by atomic mass is 35.5. The minimum atomic E-state index is -0.534. The van der Waals surface area contributed by atoms with E-state index in [1.54, 1.807) is 24.5 Å². The monoisotopic (exact) mass is 323 g/mol. The van der Waals surface area contributed by atoms with Crippen molar-refractivity contribution in [2.24, 2.45) is 5.41 Å². The van der Waals surface area contributed by atoms with Crippen LogP contribution in [0.15, 0.2) is 24.5 Å². The van der Waals surface area contributed by atoms with E-state index in [-0.39, 0.29) is 17.9 Å². The van der Waals surface area contributed by atoms with Gasteiger partial charge >= 0.3 is 0 Å². The fourth-order valence-corrected chi connectivity index (χ4v) is 2.59. The van der Waals surface area contributed by atoms with Crippen molar-refractivity contribution in [1.82, 2.24) is 15.2 Å². The number of likely N-dealkylation sites (tertiary alicyclic amines) is 1. The first-order valence-electron chi connectivity index (χ1n) is 7.50. The topological polar surface area (TPSA) is 62.3 Å². The Labute approximate surface area is 136 Å². The summed E-state index contributed by atoms with van der Waals surface area (Å²) in [7, 11) is 0. The van der Waals surface area contributed by atoms with E-state index in [0.717, 1.165) is 12.8 Å². The number of nitrogens with one attached hydrogen (secondary N) is 1. The van der Waals surface area contributed by atoms with Crippen LogP contribution in [-0.4, -0.2) is 46.7 Å². The van der Waals surface area contributed by atoms with E-state index in [1.807, 2.05) is 18.7 Å². The molecule has 2 heterocycles. The van der Waals surface area contributed by atoms with Crippen LogP contribution in [0.4, 0.5) is 0 Å². The lowest BCUT2D eigenvalue weighted by Crippen LogP contribution is -2.50. The molecule has 2 amide bonds. The SMILES string of the molecule is CC(C)(CCl)C(=O)N1CCC(NC(=O)c2cccnc2)CC1. The van der Waals surface area contributed by atoms with Crippen molar-refractivity contribution in [1.29, 1.82) is 0 Å². The van der Waals surface area contributed by atoms with Crippen LogP contribution in [0, 0.1) is 5.41 Å². The molecule has 0 aliphatic carbocycles. The predicted octanol–water partition coefficient (Wildman–Crippen LogP) is 2.07. The van der Waals surface area contributed by atoms with Gasteiger partial charge in [-0.25, -0.2) is 0 Å². The Morgan fingerprint density at radius 2 is 2.09 bits per heavy atom. The highest BCUT2D eigenvalue weighted by Crippen LogP contribution is 2.23. The second kappa shape index (κ2) is 7.09. The number of carbonyl (C=O) groups excluding carboxylic acids is 2. The molecule has 0 radical (unpaired) electrons. The number of hydrogen-bond acceptors (Lipinski definition) is 3. The number of hydrogen-bond donors (Lipinski definition) is 1. The van der Waals surface area contributed by atoms with Gasteiger partial charge < -0.3 is 10.2 Å². The molecule has 1 saturated heterocycles. The molecular weight excluding hydrogens is 302 g/mol. The zero-order chi connectivity index (χ0) is 16.2. The zero-order valence-electron chi connectivity index (χ0n) is 13.0. The molecule has 0 saturated carbocycles. The molecule has 1 aromatic heterocycles. The van der Waals surface area contributed by atoms with Gasteiger partial charge in [0.25, 0.3) is 5.91 Å². The molecule has 0 unspecified atom stereocenters. The van der Waals surface area contributed by atoms with Crippen molar-refractivity contribution in [2.45, 2.75) is 32.7 Å². The first-order valence-corrected chi connectivity index (χ1v) is 8.04. The van der Waals surface area contributed by atoms with Gasteiger partial charge in [-0.15, -0.1) is 11.6 Å². The van der Waals surface area contributed by atoms with Crippen LogP contribution < -0.4 is 5.32 Å². The maximum atomic E-state index is 12.3. The van der Waals surface area contributed by atoms with E-state index in [4.69, 9.17) is 11.6 Å². The van der Waals surface area contributed by atoms with Gasteiger partial charge in [-0.3, -0.25) is 14.6 Å². The Morgan fingerprint density at radius 1 is 1.41 bits per heavy atom. The van der Waals surface area contributed by atoms with Gasteiger partial charge in [0, 0.05) is 37.4 Å². The number of rotatable bonds is 4. The summed E-state index contributed by atoms with van der Waals surface area (Å²) in [6.07, 6.45) is 4.71. The van der Waals surface area contributed by atoms with Gasteiger partial charge in [-0.05, 0) is 38.8 Å². The molecule has 5 nitrogen and oxygen atoms in total. The fraction of sp³-hybridized carbons (Fsp3) is 0.562. The van der Waals surface area contributed by atoms with E-state index < -0.39 is 5.41 Å². The summed E-state index contributed by atoms with van der Waals surface area (Å²) in [5.74, 6) is 0.280. The number of nitrogens with zero attached hydrogens (tertiary/aromatic N) is 2. The molecule has 1 aliphatic heterocycles. The van der Waals surface area contributed by atoms with Crippen molar-refractivity contribution in [2.75, 3.05) is 19.0 Å². The molecule has 0 atom stereocenters. The van der Waals surface area contributed by atoms with Crippen LogP contribution in [0.25, 0.3) is 0 Å². The summed E-state index contributed by atoms with van der Waals surface area (Å²) in [6, 6.07) is 3.57. The summed E-state index contributed by atoms with van der Waals surface area (Å²) < 4.78 is 0. The van der Waals surface area contributed by atoms with Gasteiger partial charge in [0.15, 0.2) is 0 Å². The molecule has 0 spiro atoms. The molecule has 1 fully saturated rings. The summed E-state index contributed by atoms with van der Waals surface area (Å²) in [4.78, 5) is 30.2. The first kappa shape index (κ1) is 16.7. The van der Waals surface area contributed by atoms with Crippen molar-refractivity contribution >= 4 is 23.4 Å². The second-order valence-corrected chi connectivity index (χ2v) is 6.57. The average molecular weight is 324 g/mol. The third-order valence-electron chi connectivity index (χ3n) is 3.95. The van der Waals surface area contributed by atoms with Crippen molar-refractivity contribution < 1.29 is 9.59 Å². The number of carbonyl (C=O) groups is 2. The number of pyridine rings is 1. The normalized spacial score (nSPS) is 16.4. The highest BCUT2D eigenvalue weighted by molar-refractivity contribution is 6.19. The minimum Gasteiger partial charge on any atom is -0.349 e. The molecule has 0 bridgehead atoms. The van der Waals surface area contributed by atoms with E-state index in [2.05, 4.69) is 10.3 Å². The number of amides is 2. The lowest BCUT2D eigenvalue weighted by molar-refractivity contribution is -0.140. The Morgan fingerprint density at radius 3 is 2.64 bits per heavy atom. The lowest BCUT2D eigenvalue weighted by atomic mass is 9.92. The summed E-state index contributed by atoms with van der Waals surface area (Å²) in [6.45, 7) is 5.02. The second-order valence-electron chi connectivity index (χ2n) is 6.30. The average Bonchev–Trinajstić information content (AvgIpc) is 2.55. The summed E-state index contributed by atoms with van der Waals surface area (Å²) in [5, 5.41) is 3.00. The molecule has 22 heavy (non-hydrogen) atoms. The number of aromatic nitrogens is 1. The van der Waals surface area contributed by atoms with Crippen LogP contribution in [0.2, 0.25) is 0 Å². The van der Waals surface area contributed by atoms with E-state index in [0.29, 0.717) is 24.5 Å². The molecule has 1 aromatic rings. The van der Waals surface area contributed by atoms with E-state index in [9.17, 15) is 9.59 Å². The Hall–Kier alpha value is -1.62. The van der Waals surface area contributed by atoms with Crippen molar-refractivity contribution in [3.8, 4) is 0 Å². The van der Waals surface area contributed by atoms with Gasteiger partial charge in [-0.2, -0.15) is 0 Å². The minimum absolute atomic E-state index is 0.0829. The standard InChI is InChI=1S/C16H22ClN3O2/c1-16(2,11-17)15(22)20-8-5-13(6-9-20)19-14(21)12-4-3-7-18-10-12/h3-4,7,10,13H,5-6,8-9,11H2,1-2H3,(H,19,21). The van der Waals surface area contributed by atoms with Crippen LogP contribution >= 0.6 is 11.6 Å². The highest BCUT2D eigenvalue weighted by Gasteiger charge is 2.33. The number of piperidine rings is 1. The van der Waals surface area contributed by atoms with Gasteiger partial charge in [0.1, 0.15) is 0 Å². The third-order valence-corrected chi connectivity index (χ3v) is 4.62. The van der Waals surface area contributed by atoms with Crippen LogP contribution in [-0.2, 0) is 4.79 Å². The molecule has 0 aromatic carbocycles. The maximum Gasteiger partial charge on any atom is 0.253 e. The molecule has 1 N–H and O–H groups in total. The van der Waals surface area contributed by atoms with E-state index in [1.165, 1.54) is 0 Å². The van der Waals surface area contributed by atoms with Gasteiger partial charge in [0.05, 0.1) is 11.0 Å². The molecule has 120 valence electrons. The Bertz CT molecular complexity index is 525. The van der Waals surface area contributed by atoms with E-state index >= 15 is 0 Å². The van der Waals surface area contributed by atoms with Crippen LogP contribution in [0.3, 0.4) is 0 Å². The number of halogens is 1. The van der Waals surface area contributed by atoms with Gasteiger partial charge in [-0.1, -0.05) is 0 Å². The number of alkyl halides is 1. The van der Waals surface area contributed by atoms with Crippen LogP contribution in [0.5, 0.6) is 0 Å². The van der Waals surface area contributed by atoms with Gasteiger partial charge in [0.2, 0.25) is 5.91 Å². The smallest absolute Gasteiger partial charge is 0.253 e. The zero-order valence-corrected chi connectivity index (χ0v) is 13.8. The van der Waals surface area contributed by atoms with Crippen molar-refractivity contribution in [3.63, 3.8) is 0 Å². The molecule has 6 heteroatoms. The fourth-order valence-electron chi connectivity index (χ4n) is 2.48. The quantitative estimate of drug-likeness (QED) is 0.863. The largest absolute Gasteiger partial charge is 0.349 e. The van der Waals surface area contributed by atoms with Crippen molar-refractivity contribution in [3.05, 3.63) is 30.1 Å². The summed E-state index contributed by atoms with van der Waals surface area (Å²) in [5.41, 5.74) is 0.0251. The molecular formula is C16H22ClN3O2. The molecule has 2 rings (SSSR count). The lowest BCUT2D eigenvalue weighted by Gasteiger charge is -2.36. The maximum absolute atomic E-state index is 12.3. The Kier molecular flexibility index (Phi) is 5.40. The van der Waals surface area contributed by atoms with Crippen LogP contribution in [0.1, 0.15) is 37.0 Å². The first-order chi connectivity index (χ1) is 10.4. The Balaban J connectivity index is 1.85.